The fourth-order valence-corrected chi connectivity index (χ4v) is 2.08. The lowest BCUT2D eigenvalue weighted by atomic mass is 9.85. The van der Waals surface area contributed by atoms with Crippen LogP contribution in [0, 0.1) is 0 Å². The molecule has 15 heavy (non-hydrogen) atoms. The molecule has 0 fully saturated rings. The van der Waals surface area contributed by atoms with E-state index in [-0.39, 0.29) is 0 Å². The van der Waals surface area contributed by atoms with E-state index in [0.717, 1.165) is 16.7 Å². The van der Waals surface area contributed by atoms with Crippen LogP contribution in [0.3, 0.4) is 0 Å². The lowest BCUT2D eigenvalue weighted by molar-refractivity contribution is 0.377. The standard InChI is InChI=1S/C14H15F/c1-3-6-12-10(2)14(15)9-11-7-4-5-8-13(11)12/h3-8,14H,9H2,1-2H3/b6-3-. The van der Waals surface area contributed by atoms with Gasteiger partial charge < -0.3 is 0 Å². The summed E-state index contributed by atoms with van der Waals surface area (Å²) in [5, 5.41) is 0. The first kappa shape index (κ1) is 10.2. The van der Waals surface area contributed by atoms with Gasteiger partial charge in [0, 0.05) is 6.42 Å². The van der Waals surface area contributed by atoms with E-state index in [1.807, 2.05) is 44.2 Å². The molecule has 0 nitrogen and oxygen atoms in total. The molecule has 0 aliphatic heterocycles. The van der Waals surface area contributed by atoms with Crippen LogP contribution in [-0.4, -0.2) is 6.17 Å². The zero-order chi connectivity index (χ0) is 10.8. The molecule has 1 unspecified atom stereocenters. The molecule has 0 bridgehead atoms. The molecule has 0 spiro atoms. The maximum atomic E-state index is 13.7. The van der Waals surface area contributed by atoms with Crippen molar-refractivity contribution in [2.45, 2.75) is 26.4 Å². The Morgan fingerprint density at radius 2 is 2.07 bits per heavy atom. The molecular weight excluding hydrogens is 187 g/mol. The van der Waals surface area contributed by atoms with E-state index < -0.39 is 6.17 Å². The summed E-state index contributed by atoms with van der Waals surface area (Å²) in [6, 6.07) is 8.06. The van der Waals surface area contributed by atoms with Crippen molar-refractivity contribution < 1.29 is 4.39 Å². The van der Waals surface area contributed by atoms with Crippen LogP contribution in [0.2, 0.25) is 0 Å². The van der Waals surface area contributed by atoms with E-state index in [4.69, 9.17) is 0 Å². The monoisotopic (exact) mass is 202 g/mol. The SMILES string of the molecule is C/C=C\C1=C(C)C(F)Cc2ccccc21. The third kappa shape index (κ3) is 1.74. The van der Waals surface area contributed by atoms with Crippen LogP contribution in [0.5, 0.6) is 0 Å². The maximum Gasteiger partial charge on any atom is 0.126 e. The quantitative estimate of drug-likeness (QED) is 0.647. The van der Waals surface area contributed by atoms with Crippen LogP contribution in [-0.2, 0) is 6.42 Å². The molecule has 0 amide bonds. The van der Waals surface area contributed by atoms with Crippen LogP contribution in [0.15, 0.2) is 42.0 Å². The van der Waals surface area contributed by atoms with Crippen molar-refractivity contribution in [2.75, 3.05) is 0 Å². The summed E-state index contributed by atoms with van der Waals surface area (Å²) >= 11 is 0. The third-order valence-corrected chi connectivity index (χ3v) is 2.93. The second-order valence-electron chi connectivity index (χ2n) is 3.93. The highest BCUT2D eigenvalue weighted by Gasteiger charge is 2.22. The zero-order valence-corrected chi connectivity index (χ0v) is 9.13. The van der Waals surface area contributed by atoms with Crippen molar-refractivity contribution in [1.82, 2.24) is 0 Å². The van der Waals surface area contributed by atoms with E-state index in [9.17, 15) is 4.39 Å². The highest BCUT2D eigenvalue weighted by Crippen LogP contribution is 2.33. The van der Waals surface area contributed by atoms with E-state index in [1.54, 1.807) is 0 Å². The van der Waals surface area contributed by atoms with Gasteiger partial charge in [-0.15, -0.1) is 0 Å². The third-order valence-electron chi connectivity index (χ3n) is 2.93. The predicted molar refractivity (Wildman–Crippen MR) is 62.5 cm³/mol. The fraction of sp³-hybridized carbons (Fsp3) is 0.286. The molecule has 0 aromatic heterocycles. The minimum absolute atomic E-state index is 0.517. The maximum absolute atomic E-state index is 13.7. The van der Waals surface area contributed by atoms with Gasteiger partial charge in [-0.25, -0.2) is 4.39 Å². The van der Waals surface area contributed by atoms with Gasteiger partial charge in [0.15, 0.2) is 0 Å². The molecule has 1 aromatic rings. The Bertz CT molecular complexity index is 427. The van der Waals surface area contributed by atoms with Crippen LogP contribution < -0.4 is 0 Å². The van der Waals surface area contributed by atoms with E-state index in [2.05, 4.69) is 6.07 Å². The van der Waals surface area contributed by atoms with Gasteiger partial charge >= 0.3 is 0 Å². The number of halogens is 1. The Morgan fingerprint density at radius 3 is 2.80 bits per heavy atom. The Hall–Kier alpha value is -1.37. The fourth-order valence-electron chi connectivity index (χ4n) is 2.08. The van der Waals surface area contributed by atoms with Crippen LogP contribution >= 0.6 is 0 Å². The van der Waals surface area contributed by atoms with Crippen LogP contribution in [0.1, 0.15) is 25.0 Å². The normalized spacial score (nSPS) is 20.9. The summed E-state index contributed by atoms with van der Waals surface area (Å²) in [5.74, 6) is 0. The number of hydrogen-bond donors (Lipinski definition) is 0. The molecule has 0 saturated carbocycles. The molecule has 78 valence electrons. The number of allylic oxidation sites excluding steroid dienone is 4. The lowest BCUT2D eigenvalue weighted by Gasteiger charge is -2.22. The summed E-state index contributed by atoms with van der Waals surface area (Å²) in [7, 11) is 0. The van der Waals surface area contributed by atoms with Crippen LogP contribution in [0.25, 0.3) is 5.57 Å². The first-order valence-electron chi connectivity index (χ1n) is 5.30. The Balaban J connectivity index is 2.60. The molecule has 0 N–H and O–H groups in total. The van der Waals surface area contributed by atoms with Gasteiger partial charge in [-0.1, -0.05) is 36.4 Å². The largest absolute Gasteiger partial charge is 0.242 e. The first-order valence-corrected chi connectivity index (χ1v) is 5.30. The molecule has 0 radical (unpaired) electrons. The van der Waals surface area contributed by atoms with Gasteiger partial charge in [0.2, 0.25) is 0 Å². The minimum Gasteiger partial charge on any atom is -0.242 e. The lowest BCUT2D eigenvalue weighted by Crippen LogP contribution is -2.14. The molecule has 0 saturated heterocycles. The van der Waals surface area contributed by atoms with Gasteiger partial charge in [-0.05, 0) is 36.1 Å². The molecular formula is C14H15F. The average molecular weight is 202 g/mol. The number of benzene rings is 1. The smallest absolute Gasteiger partial charge is 0.126 e. The predicted octanol–water partition coefficient (Wildman–Crippen LogP) is 3.93. The molecule has 2 rings (SSSR count). The van der Waals surface area contributed by atoms with Gasteiger partial charge in [0.1, 0.15) is 6.17 Å². The summed E-state index contributed by atoms with van der Waals surface area (Å²) in [6.45, 7) is 3.85. The van der Waals surface area contributed by atoms with Crippen molar-refractivity contribution in [3.05, 3.63) is 53.1 Å². The van der Waals surface area contributed by atoms with Gasteiger partial charge in [0.05, 0.1) is 0 Å². The molecule has 1 atom stereocenters. The highest BCUT2D eigenvalue weighted by atomic mass is 19.1. The molecule has 1 heteroatoms. The van der Waals surface area contributed by atoms with E-state index in [0.29, 0.717) is 6.42 Å². The van der Waals surface area contributed by atoms with E-state index in [1.165, 1.54) is 5.56 Å². The van der Waals surface area contributed by atoms with Crippen molar-refractivity contribution in [3.8, 4) is 0 Å². The number of hydrogen-bond acceptors (Lipinski definition) is 0. The highest BCUT2D eigenvalue weighted by molar-refractivity contribution is 5.80. The number of fused-ring (bicyclic) bond motifs is 1. The van der Waals surface area contributed by atoms with E-state index >= 15 is 0 Å². The summed E-state index contributed by atoms with van der Waals surface area (Å²) < 4.78 is 13.7. The topological polar surface area (TPSA) is 0 Å². The minimum atomic E-state index is -0.828. The molecule has 1 aliphatic carbocycles. The molecule has 1 aliphatic rings. The number of rotatable bonds is 1. The summed E-state index contributed by atoms with van der Waals surface area (Å²) in [5.41, 5.74) is 4.20. The van der Waals surface area contributed by atoms with Crippen molar-refractivity contribution in [2.24, 2.45) is 0 Å². The first-order chi connectivity index (χ1) is 7.24. The number of alkyl halides is 1. The Kier molecular flexibility index (Phi) is 2.72. The summed E-state index contributed by atoms with van der Waals surface area (Å²) in [6.07, 6.45) is 3.66. The Morgan fingerprint density at radius 1 is 1.33 bits per heavy atom. The van der Waals surface area contributed by atoms with Gasteiger partial charge in [-0.3, -0.25) is 0 Å². The Labute approximate surface area is 90.1 Å². The van der Waals surface area contributed by atoms with Crippen molar-refractivity contribution in [3.63, 3.8) is 0 Å². The molecule has 0 heterocycles. The zero-order valence-electron chi connectivity index (χ0n) is 9.13. The average Bonchev–Trinajstić information content (AvgIpc) is 2.25. The van der Waals surface area contributed by atoms with Gasteiger partial charge in [-0.2, -0.15) is 0 Å². The van der Waals surface area contributed by atoms with Crippen LogP contribution in [0.4, 0.5) is 4.39 Å². The second kappa shape index (κ2) is 4.01. The summed E-state index contributed by atoms with van der Waals surface area (Å²) in [4.78, 5) is 0. The second-order valence-corrected chi connectivity index (χ2v) is 3.93. The van der Waals surface area contributed by atoms with Gasteiger partial charge in [0.25, 0.3) is 0 Å². The molecule has 1 aromatic carbocycles. The van der Waals surface area contributed by atoms with Crippen molar-refractivity contribution in [1.29, 1.82) is 0 Å². The van der Waals surface area contributed by atoms with Crippen molar-refractivity contribution >= 4 is 5.57 Å².